The van der Waals surface area contributed by atoms with Crippen LogP contribution in [0.5, 0.6) is 5.75 Å². The van der Waals surface area contributed by atoms with Gasteiger partial charge in [0.1, 0.15) is 5.75 Å². The maximum absolute atomic E-state index is 9.96. The third kappa shape index (κ3) is 2.94. The fourth-order valence-electron chi connectivity index (χ4n) is 1.72. The van der Waals surface area contributed by atoms with Gasteiger partial charge in [0.2, 0.25) is 0 Å². The average molecular weight is 209 g/mol. The van der Waals surface area contributed by atoms with Crippen LogP contribution in [0.1, 0.15) is 25.5 Å². The van der Waals surface area contributed by atoms with Gasteiger partial charge in [-0.1, -0.05) is 12.1 Å². The lowest BCUT2D eigenvalue weighted by atomic mass is 9.92. The van der Waals surface area contributed by atoms with Crippen LogP contribution in [0.25, 0.3) is 0 Å². The van der Waals surface area contributed by atoms with E-state index in [0.717, 1.165) is 11.3 Å². The van der Waals surface area contributed by atoms with E-state index in [0.29, 0.717) is 0 Å². The maximum Gasteiger partial charge on any atom is 0.118 e. The molecule has 1 aromatic rings. The van der Waals surface area contributed by atoms with Crippen molar-refractivity contribution in [3.05, 3.63) is 29.8 Å². The number of ether oxygens (including phenoxy) is 1. The maximum atomic E-state index is 9.96. The predicted molar refractivity (Wildman–Crippen MR) is 61.1 cm³/mol. The summed E-state index contributed by atoms with van der Waals surface area (Å²) in [5.41, 5.74) is 0.259. The number of aliphatic hydroxyl groups is 1. The van der Waals surface area contributed by atoms with E-state index in [9.17, 15) is 5.11 Å². The van der Waals surface area contributed by atoms with Crippen LogP contribution in [0.2, 0.25) is 0 Å². The van der Waals surface area contributed by atoms with Crippen LogP contribution in [-0.4, -0.2) is 24.9 Å². The van der Waals surface area contributed by atoms with E-state index in [2.05, 4.69) is 5.32 Å². The molecule has 0 spiro atoms. The molecule has 1 unspecified atom stereocenters. The molecule has 0 fully saturated rings. The molecule has 1 atom stereocenters. The lowest BCUT2D eigenvalue weighted by Gasteiger charge is -2.29. The van der Waals surface area contributed by atoms with Crippen LogP contribution in [0.15, 0.2) is 24.3 Å². The molecule has 1 rings (SSSR count). The van der Waals surface area contributed by atoms with E-state index in [4.69, 9.17) is 4.74 Å². The molecule has 2 N–H and O–H groups in total. The predicted octanol–water partition coefficient (Wildman–Crippen LogP) is 1.73. The van der Waals surface area contributed by atoms with Crippen molar-refractivity contribution in [1.29, 1.82) is 0 Å². The Balaban J connectivity index is 2.93. The second kappa shape index (κ2) is 4.64. The van der Waals surface area contributed by atoms with Gasteiger partial charge in [-0.15, -0.1) is 0 Å². The highest BCUT2D eigenvalue weighted by Crippen LogP contribution is 2.26. The van der Waals surface area contributed by atoms with Gasteiger partial charge in [-0.2, -0.15) is 0 Å². The number of rotatable bonds is 4. The summed E-state index contributed by atoms with van der Waals surface area (Å²) in [7, 11) is 3.48. The number of benzene rings is 1. The first kappa shape index (κ1) is 12.0. The Morgan fingerprint density at radius 1 is 1.27 bits per heavy atom. The summed E-state index contributed by atoms with van der Waals surface area (Å²) >= 11 is 0. The number of likely N-dealkylation sites (N-methyl/N-ethyl adjacent to an activating group) is 1. The van der Waals surface area contributed by atoms with E-state index in [1.165, 1.54) is 0 Å². The molecule has 0 amide bonds. The van der Waals surface area contributed by atoms with Gasteiger partial charge in [-0.05, 0) is 38.6 Å². The highest BCUT2D eigenvalue weighted by atomic mass is 16.5. The third-order valence-electron chi connectivity index (χ3n) is 2.44. The SMILES string of the molecule is CNC(c1ccc(OC)cc1)C(C)(C)O. The Bertz CT molecular complexity index is 300. The van der Waals surface area contributed by atoms with Crippen molar-refractivity contribution in [2.45, 2.75) is 25.5 Å². The molecule has 3 heteroatoms. The lowest BCUT2D eigenvalue weighted by molar-refractivity contribution is 0.0400. The summed E-state index contributed by atoms with van der Waals surface area (Å²) < 4.78 is 5.09. The first-order valence-electron chi connectivity index (χ1n) is 5.02. The van der Waals surface area contributed by atoms with Gasteiger partial charge < -0.3 is 15.2 Å². The standard InChI is InChI=1S/C12H19NO2/c1-12(2,14)11(13-3)9-5-7-10(15-4)8-6-9/h5-8,11,13-14H,1-4H3. The van der Waals surface area contributed by atoms with Crippen molar-refractivity contribution in [3.63, 3.8) is 0 Å². The molecule has 3 nitrogen and oxygen atoms in total. The molecule has 0 bridgehead atoms. The van der Waals surface area contributed by atoms with Gasteiger partial charge in [0.15, 0.2) is 0 Å². The molecule has 0 saturated carbocycles. The van der Waals surface area contributed by atoms with Crippen LogP contribution in [-0.2, 0) is 0 Å². The van der Waals surface area contributed by atoms with Crippen LogP contribution in [0.3, 0.4) is 0 Å². The Morgan fingerprint density at radius 3 is 2.13 bits per heavy atom. The van der Waals surface area contributed by atoms with E-state index >= 15 is 0 Å². The molecule has 0 saturated heterocycles. The van der Waals surface area contributed by atoms with Gasteiger partial charge in [0, 0.05) is 0 Å². The summed E-state index contributed by atoms with van der Waals surface area (Å²) in [4.78, 5) is 0. The first-order chi connectivity index (χ1) is 6.99. The Kier molecular flexibility index (Phi) is 3.72. The smallest absolute Gasteiger partial charge is 0.118 e. The van der Waals surface area contributed by atoms with Crippen LogP contribution in [0, 0.1) is 0 Å². The van der Waals surface area contributed by atoms with Crippen molar-refractivity contribution >= 4 is 0 Å². The number of methoxy groups -OCH3 is 1. The zero-order valence-electron chi connectivity index (χ0n) is 9.74. The number of hydrogen-bond acceptors (Lipinski definition) is 3. The fourth-order valence-corrected chi connectivity index (χ4v) is 1.72. The third-order valence-corrected chi connectivity index (χ3v) is 2.44. The first-order valence-corrected chi connectivity index (χ1v) is 5.02. The summed E-state index contributed by atoms with van der Waals surface area (Å²) in [6.45, 7) is 3.58. The zero-order valence-corrected chi connectivity index (χ0v) is 9.74. The van der Waals surface area contributed by atoms with Crippen molar-refractivity contribution in [3.8, 4) is 5.75 Å². The molecule has 0 heterocycles. The van der Waals surface area contributed by atoms with Crippen LogP contribution < -0.4 is 10.1 Å². The molecular weight excluding hydrogens is 190 g/mol. The zero-order chi connectivity index (χ0) is 11.5. The topological polar surface area (TPSA) is 41.5 Å². The van der Waals surface area contributed by atoms with Crippen molar-refractivity contribution < 1.29 is 9.84 Å². The minimum Gasteiger partial charge on any atom is -0.497 e. The largest absolute Gasteiger partial charge is 0.497 e. The molecule has 0 aliphatic heterocycles. The minimum atomic E-state index is -0.788. The second-order valence-corrected chi connectivity index (χ2v) is 4.15. The number of hydrogen-bond donors (Lipinski definition) is 2. The van der Waals surface area contributed by atoms with Gasteiger partial charge in [-0.25, -0.2) is 0 Å². The van der Waals surface area contributed by atoms with Gasteiger partial charge >= 0.3 is 0 Å². The fraction of sp³-hybridized carbons (Fsp3) is 0.500. The van der Waals surface area contributed by atoms with Crippen LogP contribution >= 0.6 is 0 Å². The molecule has 15 heavy (non-hydrogen) atoms. The molecule has 0 aliphatic rings. The summed E-state index contributed by atoms with van der Waals surface area (Å²) in [5.74, 6) is 0.823. The highest BCUT2D eigenvalue weighted by molar-refractivity contribution is 5.30. The Hall–Kier alpha value is -1.06. The average Bonchev–Trinajstić information content (AvgIpc) is 2.18. The monoisotopic (exact) mass is 209 g/mol. The summed E-state index contributed by atoms with van der Waals surface area (Å²) in [6, 6.07) is 7.62. The van der Waals surface area contributed by atoms with Crippen molar-refractivity contribution in [2.75, 3.05) is 14.2 Å². The normalized spacial score (nSPS) is 13.7. The molecule has 0 aliphatic carbocycles. The van der Waals surface area contributed by atoms with Crippen molar-refractivity contribution in [1.82, 2.24) is 5.32 Å². The van der Waals surface area contributed by atoms with E-state index in [-0.39, 0.29) is 6.04 Å². The summed E-state index contributed by atoms with van der Waals surface area (Å²) in [5, 5.41) is 13.1. The number of nitrogens with one attached hydrogen (secondary N) is 1. The quantitative estimate of drug-likeness (QED) is 0.793. The molecule has 0 radical (unpaired) electrons. The Labute approximate surface area is 91.1 Å². The van der Waals surface area contributed by atoms with Gasteiger partial charge in [-0.3, -0.25) is 0 Å². The van der Waals surface area contributed by atoms with Crippen LogP contribution in [0.4, 0.5) is 0 Å². The molecule has 0 aromatic heterocycles. The summed E-state index contributed by atoms with van der Waals surface area (Å²) in [6.07, 6.45) is 0. The van der Waals surface area contributed by atoms with E-state index < -0.39 is 5.60 Å². The van der Waals surface area contributed by atoms with Gasteiger partial charge in [0.25, 0.3) is 0 Å². The Morgan fingerprint density at radius 2 is 1.80 bits per heavy atom. The lowest BCUT2D eigenvalue weighted by Crippen LogP contribution is -2.37. The highest BCUT2D eigenvalue weighted by Gasteiger charge is 2.26. The molecule has 1 aromatic carbocycles. The second-order valence-electron chi connectivity index (χ2n) is 4.15. The minimum absolute atomic E-state index is 0.0802. The molecular formula is C12H19NO2. The molecule has 84 valence electrons. The van der Waals surface area contributed by atoms with Gasteiger partial charge in [0.05, 0.1) is 18.8 Å². The van der Waals surface area contributed by atoms with E-state index in [1.807, 2.05) is 31.3 Å². The van der Waals surface area contributed by atoms with Crippen molar-refractivity contribution in [2.24, 2.45) is 0 Å². The van der Waals surface area contributed by atoms with E-state index in [1.54, 1.807) is 21.0 Å².